The molecule has 0 bridgehead atoms. The average molecular weight is 390 g/mol. The van der Waals surface area contributed by atoms with E-state index in [2.05, 4.69) is 0 Å². The summed E-state index contributed by atoms with van der Waals surface area (Å²) in [6.07, 6.45) is 0. The van der Waals surface area contributed by atoms with E-state index in [1.807, 2.05) is 55.6 Å². The van der Waals surface area contributed by atoms with Gasteiger partial charge in [-0.3, -0.25) is 4.79 Å². The van der Waals surface area contributed by atoms with Crippen molar-refractivity contribution >= 4 is 46.1 Å². The Labute approximate surface area is 161 Å². The quantitative estimate of drug-likeness (QED) is 0.481. The van der Waals surface area contributed by atoms with Crippen molar-refractivity contribution in [1.82, 2.24) is 0 Å². The first-order chi connectivity index (χ1) is 12.0. The number of halogens is 2. The summed E-state index contributed by atoms with van der Waals surface area (Å²) in [7, 11) is 0. The highest BCUT2D eigenvalue weighted by Crippen LogP contribution is 2.33. The average Bonchev–Trinajstić information content (AvgIpc) is 3.07. The predicted octanol–water partition coefficient (Wildman–Crippen LogP) is 6.78. The first-order valence-corrected chi connectivity index (χ1v) is 9.53. The molecule has 0 aliphatic rings. The molecule has 0 N–H and O–H groups in total. The second-order valence-electron chi connectivity index (χ2n) is 5.93. The topological polar surface area (TPSA) is 20.3 Å². The van der Waals surface area contributed by atoms with Crippen molar-refractivity contribution in [3.8, 4) is 10.4 Å². The number of nitrogens with zero attached hydrogens (tertiary/aromatic N) is 1. The van der Waals surface area contributed by atoms with Gasteiger partial charge in [-0.05, 0) is 43.7 Å². The molecule has 0 spiro atoms. The fraction of sp³-hybridized carbons (Fsp3) is 0.150. The van der Waals surface area contributed by atoms with Gasteiger partial charge in [-0.15, -0.1) is 11.3 Å². The number of benzene rings is 2. The van der Waals surface area contributed by atoms with Crippen LogP contribution in [-0.2, 0) is 0 Å². The number of carbonyl (C=O) groups is 1. The summed E-state index contributed by atoms with van der Waals surface area (Å²) in [6.45, 7) is 3.93. The number of thiophene rings is 1. The second-order valence-corrected chi connectivity index (χ2v) is 7.69. The van der Waals surface area contributed by atoms with Crippen molar-refractivity contribution in [3.63, 3.8) is 0 Å². The van der Waals surface area contributed by atoms with Crippen LogP contribution in [0.15, 0.2) is 60.0 Å². The molecule has 2 aromatic carbocycles. The second kappa shape index (κ2) is 7.61. The molecule has 1 heterocycles. The molecular weight excluding hydrogens is 373 g/mol. The highest BCUT2D eigenvalue weighted by atomic mass is 35.5. The third-order valence-corrected chi connectivity index (χ3v) is 5.33. The van der Waals surface area contributed by atoms with Crippen molar-refractivity contribution in [2.45, 2.75) is 19.9 Å². The molecule has 5 heteroatoms. The predicted molar refractivity (Wildman–Crippen MR) is 108 cm³/mol. The summed E-state index contributed by atoms with van der Waals surface area (Å²) in [6, 6.07) is 17.1. The Balaban J connectivity index is 1.95. The highest BCUT2D eigenvalue weighted by Gasteiger charge is 2.24. The van der Waals surface area contributed by atoms with Crippen LogP contribution >= 0.6 is 34.5 Å². The molecule has 0 atom stereocenters. The van der Waals surface area contributed by atoms with Gasteiger partial charge >= 0.3 is 0 Å². The van der Waals surface area contributed by atoms with E-state index in [0.717, 1.165) is 10.4 Å². The minimum absolute atomic E-state index is 0.0359. The summed E-state index contributed by atoms with van der Waals surface area (Å²) in [5.41, 5.74) is 2.43. The lowest BCUT2D eigenvalue weighted by Crippen LogP contribution is -2.37. The van der Waals surface area contributed by atoms with Crippen molar-refractivity contribution in [1.29, 1.82) is 0 Å². The van der Waals surface area contributed by atoms with E-state index >= 15 is 0 Å². The standard InChI is InChI=1S/C20H17Cl2NOS/c1-13(2)23(18-9-8-16(21)11-17(18)22)20(24)15-10-19(25-12-15)14-6-4-3-5-7-14/h3-13H,1-2H3. The fourth-order valence-electron chi connectivity index (χ4n) is 2.64. The van der Waals surface area contributed by atoms with Gasteiger partial charge in [0.2, 0.25) is 0 Å². The zero-order chi connectivity index (χ0) is 18.0. The molecule has 2 nitrogen and oxygen atoms in total. The van der Waals surface area contributed by atoms with E-state index in [9.17, 15) is 4.79 Å². The van der Waals surface area contributed by atoms with Gasteiger partial charge in [0.1, 0.15) is 0 Å². The monoisotopic (exact) mass is 389 g/mol. The maximum absolute atomic E-state index is 13.1. The van der Waals surface area contributed by atoms with Crippen molar-refractivity contribution < 1.29 is 4.79 Å². The summed E-state index contributed by atoms with van der Waals surface area (Å²) in [5, 5.41) is 2.91. The third-order valence-electron chi connectivity index (χ3n) is 3.81. The zero-order valence-electron chi connectivity index (χ0n) is 13.9. The SMILES string of the molecule is CC(C)N(C(=O)c1csc(-c2ccccc2)c1)c1ccc(Cl)cc1Cl. The van der Waals surface area contributed by atoms with Gasteiger partial charge in [0.15, 0.2) is 0 Å². The Kier molecular flexibility index (Phi) is 5.48. The van der Waals surface area contributed by atoms with Gasteiger partial charge in [0.25, 0.3) is 5.91 Å². The van der Waals surface area contributed by atoms with Crippen LogP contribution in [-0.4, -0.2) is 11.9 Å². The van der Waals surface area contributed by atoms with E-state index in [0.29, 0.717) is 21.3 Å². The fourth-order valence-corrected chi connectivity index (χ4v) is 4.03. The Morgan fingerprint density at radius 2 is 1.76 bits per heavy atom. The van der Waals surface area contributed by atoms with Crippen LogP contribution < -0.4 is 4.90 Å². The van der Waals surface area contributed by atoms with Crippen LogP contribution in [0.4, 0.5) is 5.69 Å². The molecule has 1 amide bonds. The number of anilines is 1. The normalized spacial score (nSPS) is 10.9. The number of hydrogen-bond acceptors (Lipinski definition) is 2. The molecule has 25 heavy (non-hydrogen) atoms. The Morgan fingerprint density at radius 1 is 1.04 bits per heavy atom. The Morgan fingerprint density at radius 3 is 2.40 bits per heavy atom. The highest BCUT2D eigenvalue weighted by molar-refractivity contribution is 7.13. The molecular formula is C20H17Cl2NOS. The third kappa shape index (κ3) is 3.90. The van der Waals surface area contributed by atoms with Gasteiger partial charge in [-0.1, -0.05) is 53.5 Å². The van der Waals surface area contributed by atoms with E-state index in [4.69, 9.17) is 23.2 Å². The van der Waals surface area contributed by atoms with Crippen molar-refractivity contribution in [3.05, 3.63) is 75.6 Å². The Bertz CT molecular complexity index is 890. The Hall–Kier alpha value is -1.81. The smallest absolute Gasteiger partial charge is 0.259 e. The maximum atomic E-state index is 13.1. The number of carbonyl (C=O) groups excluding carboxylic acids is 1. The van der Waals surface area contributed by atoms with Crippen LogP contribution in [0.25, 0.3) is 10.4 Å². The minimum Gasteiger partial charge on any atom is -0.304 e. The van der Waals surface area contributed by atoms with Gasteiger partial charge in [0.05, 0.1) is 16.3 Å². The molecule has 3 aromatic rings. The van der Waals surface area contributed by atoms with E-state index in [1.165, 1.54) is 0 Å². The van der Waals surface area contributed by atoms with Crippen LogP contribution in [0.2, 0.25) is 10.0 Å². The number of rotatable bonds is 4. The van der Waals surface area contributed by atoms with Gasteiger partial charge in [-0.2, -0.15) is 0 Å². The molecule has 0 radical (unpaired) electrons. The zero-order valence-corrected chi connectivity index (χ0v) is 16.2. The molecule has 0 aliphatic carbocycles. The van der Waals surface area contributed by atoms with Crippen LogP contribution in [0.1, 0.15) is 24.2 Å². The van der Waals surface area contributed by atoms with E-state index < -0.39 is 0 Å². The van der Waals surface area contributed by atoms with Crippen molar-refractivity contribution in [2.24, 2.45) is 0 Å². The van der Waals surface area contributed by atoms with Crippen molar-refractivity contribution in [2.75, 3.05) is 4.90 Å². The van der Waals surface area contributed by atoms with Crippen LogP contribution in [0, 0.1) is 0 Å². The lowest BCUT2D eigenvalue weighted by molar-refractivity contribution is 0.0980. The number of amides is 1. The lowest BCUT2D eigenvalue weighted by atomic mass is 10.1. The first-order valence-electron chi connectivity index (χ1n) is 7.90. The first kappa shape index (κ1) is 18.0. The molecule has 1 aromatic heterocycles. The molecule has 0 fully saturated rings. The summed E-state index contributed by atoms with van der Waals surface area (Å²) < 4.78 is 0. The van der Waals surface area contributed by atoms with Crippen LogP contribution in [0.3, 0.4) is 0 Å². The molecule has 128 valence electrons. The minimum atomic E-state index is -0.0716. The van der Waals surface area contributed by atoms with E-state index in [1.54, 1.807) is 34.4 Å². The lowest BCUT2D eigenvalue weighted by Gasteiger charge is -2.27. The van der Waals surface area contributed by atoms with Crippen LogP contribution in [0.5, 0.6) is 0 Å². The molecule has 0 saturated carbocycles. The molecule has 0 aliphatic heterocycles. The maximum Gasteiger partial charge on any atom is 0.259 e. The van der Waals surface area contributed by atoms with E-state index in [-0.39, 0.29) is 11.9 Å². The largest absolute Gasteiger partial charge is 0.304 e. The molecule has 3 rings (SSSR count). The van der Waals surface area contributed by atoms with Gasteiger partial charge in [0, 0.05) is 21.3 Å². The van der Waals surface area contributed by atoms with Gasteiger partial charge in [-0.25, -0.2) is 0 Å². The summed E-state index contributed by atoms with van der Waals surface area (Å²) in [5.74, 6) is -0.0716. The summed E-state index contributed by atoms with van der Waals surface area (Å²) >= 11 is 13.9. The molecule has 0 unspecified atom stereocenters. The molecule has 0 saturated heterocycles. The summed E-state index contributed by atoms with van der Waals surface area (Å²) in [4.78, 5) is 15.9. The van der Waals surface area contributed by atoms with Gasteiger partial charge < -0.3 is 4.90 Å². The number of hydrogen-bond donors (Lipinski definition) is 0.